The van der Waals surface area contributed by atoms with Gasteiger partial charge in [0.2, 0.25) is 0 Å². The first-order valence-electron chi connectivity index (χ1n) is 6.48. The third-order valence-corrected chi connectivity index (χ3v) is 3.48. The highest BCUT2D eigenvalue weighted by Crippen LogP contribution is 2.35. The first kappa shape index (κ1) is 12.3. The van der Waals surface area contributed by atoms with Crippen LogP contribution in [0.15, 0.2) is 30.3 Å². The van der Waals surface area contributed by atoms with Gasteiger partial charge < -0.3 is 4.79 Å². The molecule has 1 aliphatic heterocycles. The molecule has 1 heterocycles. The second-order valence-electron chi connectivity index (χ2n) is 5.30. The van der Waals surface area contributed by atoms with Gasteiger partial charge in [0, 0.05) is 12.6 Å². The molecule has 1 saturated heterocycles. The van der Waals surface area contributed by atoms with Gasteiger partial charge in [-0.3, -0.25) is 4.90 Å². The second kappa shape index (κ2) is 5.46. The van der Waals surface area contributed by atoms with Gasteiger partial charge in [-0.2, -0.15) is 0 Å². The predicted molar refractivity (Wildman–Crippen MR) is 69.8 cm³/mol. The summed E-state index contributed by atoms with van der Waals surface area (Å²) in [7, 11) is 0. The molecule has 0 N–H and O–H groups in total. The molecule has 0 spiro atoms. The Labute approximate surface area is 104 Å². The van der Waals surface area contributed by atoms with Crippen molar-refractivity contribution in [2.75, 3.05) is 6.54 Å². The van der Waals surface area contributed by atoms with Crippen LogP contribution in [0, 0.1) is 5.92 Å². The van der Waals surface area contributed by atoms with Gasteiger partial charge in [-0.25, -0.2) is 0 Å². The van der Waals surface area contributed by atoms with E-state index in [0.717, 1.165) is 25.7 Å². The van der Waals surface area contributed by atoms with Crippen LogP contribution in [0.25, 0.3) is 0 Å². The number of rotatable bonds is 4. The van der Waals surface area contributed by atoms with Crippen LogP contribution in [0.3, 0.4) is 0 Å². The molecule has 17 heavy (non-hydrogen) atoms. The Morgan fingerprint density at radius 2 is 2.00 bits per heavy atom. The molecular weight excluding hydrogens is 210 g/mol. The van der Waals surface area contributed by atoms with Crippen LogP contribution in [-0.2, 0) is 4.79 Å². The molecule has 0 aromatic heterocycles. The average molecular weight is 231 g/mol. The lowest BCUT2D eigenvalue weighted by Crippen LogP contribution is -2.35. The number of carbonyl (C=O) groups is 1. The number of hydrogen-bond acceptors (Lipinski definition) is 2. The molecule has 0 bridgehead atoms. The summed E-state index contributed by atoms with van der Waals surface area (Å²) >= 11 is 0. The van der Waals surface area contributed by atoms with Crippen molar-refractivity contribution in [1.82, 2.24) is 4.90 Å². The van der Waals surface area contributed by atoms with Crippen molar-refractivity contribution in [1.29, 1.82) is 0 Å². The largest absolute Gasteiger partial charge is 0.302 e. The lowest BCUT2D eigenvalue weighted by molar-refractivity contribution is -0.112. The molecule has 1 aromatic carbocycles. The van der Waals surface area contributed by atoms with E-state index in [-0.39, 0.29) is 6.04 Å². The molecule has 2 heteroatoms. The normalized spacial score (nSPS) is 25.4. The average Bonchev–Trinajstić information content (AvgIpc) is 2.72. The zero-order valence-electron chi connectivity index (χ0n) is 10.7. The van der Waals surface area contributed by atoms with Gasteiger partial charge in [-0.15, -0.1) is 0 Å². The summed E-state index contributed by atoms with van der Waals surface area (Å²) in [5.41, 5.74) is 1.34. The number of hydrogen-bond donors (Lipinski definition) is 0. The summed E-state index contributed by atoms with van der Waals surface area (Å²) in [6.07, 6.45) is 3.21. The van der Waals surface area contributed by atoms with Gasteiger partial charge in [-0.1, -0.05) is 44.2 Å². The highest BCUT2D eigenvalue weighted by Gasteiger charge is 2.33. The van der Waals surface area contributed by atoms with Crippen LogP contribution >= 0.6 is 0 Å². The van der Waals surface area contributed by atoms with Crippen LogP contribution in [0.1, 0.15) is 38.3 Å². The van der Waals surface area contributed by atoms with E-state index in [2.05, 4.69) is 43.0 Å². The molecule has 2 rings (SSSR count). The Hall–Kier alpha value is -1.15. The fraction of sp³-hybridized carbons (Fsp3) is 0.533. The molecule has 2 atom stereocenters. The standard InChI is InChI=1S/C15H21NO/c1-12(2)10-16-14(11-17)8-9-15(16)13-6-4-3-5-7-13/h3-7,11-12,14-15H,8-10H2,1-2H3. The van der Waals surface area contributed by atoms with Crippen molar-refractivity contribution in [3.63, 3.8) is 0 Å². The van der Waals surface area contributed by atoms with Crippen molar-refractivity contribution in [2.45, 2.75) is 38.8 Å². The van der Waals surface area contributed by atoms with Crippen LogP contribution in [0.2, 0.25) is 0 Å². The van der Waals surface area contributed by atoms with Crippen LogP contribution < -0.4 is 0 Å². The summed E-state index contributed by atoms with van der Waals surface area (Å²) in [5, 5.41) is 0. The molecule has 1 fully saturated rings. The Bertz CT molecular complexity index is 360. The van der Waals surface area contributed by atoms with E-state index < -0.39 is 0 Å². The zero-order valence-corrected chi connectivity index (χ0v) is 10.7. The van der Waals surface area contributed by atoms with E-state index >= 15 is 0 Å². The number of benzene rings is 1. The molecule has 2 nitrogen and oxygen atoms in total. The topological polar surface area (TPSA) is 20.3 Å². The summed E-state index contributed by atoms with van der Waals surface area (Å²) in [5.74, 6) is 0.599. The predicted octanol–water partition coefficient (Wildman–Crippen LogP) is 3.05. The second-order valence-corrected chi connectivity index (χ2v) is 5.30. The molecule has 92 valence electrons. The Morgan fingerprint density at radius 3 is 2.59 bits per heavy atom. The monoisotopic (exact) mass is 231 g/mol. The molecule has 0 saturated carbocycles. The van der Waals surface area contributed by atoms with Gasteiger partial charge in [0.15, 0.2) is 0 Å². The highest BCUT2D eigenvalue weighted by atomic mass is 16.1. The Kier molecular flexibility index (Phi) is 3.95. The highest BCUT2D eigenvalue weighted by molar-refractivity contribution is 5.58. The van der Waals surface area contributed by atoms with Crippen molar-refractivity contribution >= 4 is 6.29 Å². The summed E-state index contributed by atoms with van der Waals surface area (Å²) in [6, 6.07) is 11.1. The third kappa shape index (κ3) is 2.75. The van der Waals surface area contributed by atoms with E-state index in [1.165, 1.54) is 5.56 Å². The maximum atomic E-state index is 11.1. The first-order valence-corrected chi connectivity index (χ1v) is 6.48. The summed E-state index contributed by atoms with van der Waals surface area (Å²) in [6.45, 7) is 5.42. The minimum absolute atomic E-state index is 0.114. The van der Waals surface area contributed by atoms with Crippen LogP contribution in [-0.4, -0.2) is 23.8 Å². The van der Waals surface area contributed by atoms with E-state index in [4.69, 9.17) is 0 Å². The van der Waals surface area contributed by atoms with Gasteiger partial charge in [0.25, 0.3) is 0 Å². The van der Waals surface area contributed by atoms with E-state index in [1.54, 1.807) is 0 Å². The quantitative estimate of drug-likeness (QED) is 0.742. The first-order chi connectivity index (χ1) is 8.22. The summed E-state index contributed by atoms with van der Waals surface area (Å²) in [4.78, 5) is 13.5. The minimum atomic E-state index is 0.114. The van der Waals surface area contributed by atoms with Crippen LogP contribution in [0.5, 0.6) is 0 Å². The lowest BCUT2D eigenvalue weighted by Gasteiger charge is -2.29. The summed E-state index contributed by atoms with van der Waals surface area (Å²) < 4.78 is 0. The smallest absolute Gasteiger partial charge is 0.137 e. The maximum Gasteiger partial charge on any atom is 0.137 e. The maximum absolute atomic E-state index is 11.1. The number of nitrogens with zero attached hydrogens (tertiary/aromatic N) is 1. The number of carbonyl (C=O) groups excluding carboxylic acids is 1. The Morgan fingerprint density at radius 1 is 1.29 bits per heavy atom. The molecule has 2 unspecified atom stereocenters. The van der Waals surface area contributed by atoms with Crippen molar-refractivity contribution in [3.8, 4) is 0 Å². The van der Waals surface area contributed by atoms with Gasteiger partial charge in [-0.05, 0) is 24.3 Å². The lowest BCUT2D eigenvalue weighted by atomic mass is 10.0. The molecule has 1 aromatic rings. The molecule has 0 amide bonds. The Balaban J connectivity index is 2.18. The van der Waals surface area contributed by atoms with Crippen LogP contribution in [0.4, 0.5) is 0 Å². The zero-order chi connectivity index (χ0) is 12.3. The molecule has 0 aliphatic carbocycles. The van der Waals surface area contributed by atoms with Gasteiger partial charge >= 0.3 is 0 Å². The minimum Gasteiger partial charge on any atom is -0.302 e. The SMILES string of the molecule is CC(C)CN1C(C=O)CCC1c1ccccc1. The van der Waals surface area contributed by atoms with E-state index in [1.807, 2.05) is 6.07 Å². The van der Waals surface area contributed by atoms with Crippen molar-refractivity contribution < 1.29 is 4.79 Å². The van der Waals surface area contributed by atoms with Gasteiger partial charge in [0.05, 0.1) is 6.04 Å². The van der Waals surface area contributed by atoms with Crippen molar-refractivity contribution in [2.24, 2.45) is 5.92 Å². The third-order valence-electron chi connectivity index (χ3n) is 3.48. The van der Waals surface area contributed by atoms with Crippen molar-refractivity contribution in [3.05, 3.63) is 35.9 Å². The molecule has 1 aliphatic rings. The fourth-order valence-corrected chi connectivity index (χ4v) is 2.76. The van der Waals surface area contributed by atoms with Gasteiger partial charge in [0.1, 0.15) is 6.29 Å². The molecular formula is C15H21NO. The number of aldehydes is 1. The van der Waals surface area contributed by atoms with E-state index in [0.29, 0.717) is 12.0 Å². The number of likely N-dealkylation sites (tertiary alicyclic amines) is 1. The van der Waals surface area contributed by atoms with E-state index in [9.17, 15) is 4.79 Å². The molecule has 0 radical (unpaired) electrons. The fourth-order valence-electron chi connectivity index (χ4n) is 2.76.